The van der Waals surface area contributed by atoms with Crippen LogP contribution in [0, 0.1) is 0 Å². The molecule has 8 heteroatoms. The number of pyridine rings is 1. The summed E-state index contributed by atoms with van der Waals surface area (Å²) in [6.07, 6.45) is 5.12. The van der Waals surface area contributed by atoms with Crippen LogP contribution in [0.25, 0.3) is 11.3 Å². The second kappa shape index (κ2) is 8.11. The number of piperazine rings is 1. The van der Waals surface area contributed by atoms with E-state index in [-0.39, 0.29) is 11.8 Å². The van der Waals surface area contributed by atoms with Gasteiger partial charge in [-0.3, -0.25) is 19.7 Å². The van der Waals surface area contributed by atoms with Crippen LogP contribution in [-0.4, -0.2) is 70.1 Å². The second-order valence-electron chi connectivity index (χ2n) is 8.30. The molecule has 1 aliphatic heterocycles. The van der Waals surface area contributed by atoms with Crippen molar-refractivity contribution in [2.24, 2.45) is 0 Å². The third kappa shape index (κ3) is 3.62. The number of aromatic amines is 1. The number of aromatic nitrogens is 3. The van der Waals surface area contributed by atoms with E-state index in [0.29, 0.717) is 37.6 Å². The Kier molecular flexibility index (Phi) is 5.13. The summed E-state index contributed by atoms with van der Waals surface area (Å²) in [5, 5.41) is 7.11. The first-order valence-electron chi connectivity index (χ1n) is 10.8. The molecule has 2 aliphatic rings. The molecule has 3 aromatic rings. The quantitative estimate of drug-likeness (QED) is 0.670. The Hall–Kier alpha value is -3.68. The molecule has 2 amide bonds. The zero-order valence-electron chi connectivity index (χ0n) is 18.0. The smallest absolute Gasteiger partial charge is 0.272 e. The van der Waals surface area contributed by atoms with E-state index in [9.17, 15) is 9.59 Å². The minimum absolute atomic E-state index is 0.0961. The molecular weight excluding hydrogens is 406 g/mol. The first kappa shape index (κ1) is 20.2. The van der Waals surface area contributed by atoms with Gasteiger partial charge in [0.25, 0.3) is 5.91 Å². The lowest BCUT2D eigenvalue weighted by Gasteiger charge is -2.36. The van der Waals surface area contributed by atoms with E-state index < -0.39 is 5.41 Å². The normalized spacial score (nSPS) is 17.2. The first-order valence-corrected chi connectivity index (χ1v) is 10.8. The van der Waals surface area contributed by atoms with Gasteiger partial charge >= 0.3 is 0 Å². The van der Waals surface area contributed by atoms with Crippen LogP contribution in [0.1, 0.15) is 28.9 Å². The molecule has 1 saturated carbocycles. The van der Waals surface area contributed by atoms with Crippen molar-refractivity contribution in [3.63, 3.8) is 0 Å². The average molecular weight is 431 g/mol. The fourth-order valence-corrected chi connectivity index (χ4v) is 4.35. The van der Waals surface area contributed by atoms with Crippen molar-refractivity contribution >= 4 is 11.8 Å². The van der Waals surface area contributed by atoms with Crippen LogP contribution in [0.15, 0.2) is 54.9 Å². The number of hydrogen-bond donors (Lipinski definition) is 1. The largest absolute Gasteiger partial charge is 0.497 e. The van der Waals surface area contributed by atoms with Crippen LogP contribution >= 0.6 is 0 Å². The Balaban J connectivity index is 1.22. The predicted octanol–water partition coefficient (Wildman–Crippen LogP) is 2.50. The van der Waals surface area contributed by atoms with E-state index in [0.717, 1.165) is 29.7 Å². The van der Waals surface area contributed by atoms with Gasteiger partial charge in [-0.25, -0.2) is 0 Å². The van der Waals surface area contributed by atoms with Crippen LogP contribution < -0.4 is 4.74 Å². The molecule has 164 valence electrons. The molecule has 0 atom stereocenters. The summed E-state index contributed by atoms with van der Waals surface area (Å²) in [6.45, 7) is 2.08. The Morgan fingerprint density at radius 2 is 1.62 bits per heavy atom. The van der Waals surface area contributed by atoms with E-state index in [1.807, 2.05) is 41.3 Å². The van der Waals surface area contributed by atoms with Crippen LogP contribution in [0.2, 0.25) is 0 Å². The van der Waals surface area contributed by atoms with Gasteiger partial charge in [-0.15, -0.1) is 0 Å². The summed E-state index contributed by atoms with van der Waals surface area (Å²) in [5.41, 5.74) is 2.69. The van der Waals surface area contributed by atoms with Crippen LogP contribution in [-0.2, 0) is 10.2 Å². The zero-order chi connectivity index (χ0) is 22.1. The van der Waals surface area contributed by atoms with Crippen LogP contribution in [0.3, 0.4) is 0 Å². The van der Waals surface area contributed by atoms with E-state index in [1.165, 1.54) is 0 Å². The topological polar surface area (TPSA) is 91.4 Å². The standard InChI is InChI=1S/C24H25N5O3/c1-32-19-4-2-18(3-5-19)24(8-9-24)23(31)29-14-12-28(13-15-29)22(30)21-16-20(26-27-21)17-6-10-25-11-7-17/h2-7,10-11,16H,8-9,12-15H2,1H3,(H,26,27). The molecule has 2 aromatic heterocycles. The number of benzene rings is 1. The number of hydrogen-bond acceptors (Lipinski definition) is 5. The maximum atomic E-state index is 13.3. The predicted molar refractivity (Wildman–Crippen MR) is 118 cm³/mol. The van der Waals surface area contributed by atoms with Crippen molar-refractivity contribution in [2.45, 2.75) is 18.3 Å². The molecule has 1 N–H and O–H groups in total. The summed E-state index contributed by atoms with van der Waals surface area (Å²) < 4.78 is 5.23. The van der Waals surface area contributed by atoms with Gasteiger partial charge in [0, 0.05) is 44.1 Å². The van der Waals surface area contributed by atoms with Crippen molar-refractivity contribution < 1.29 is 14.3 Å². The van der Waals surface area contributed by atoms with Gasteiger partial charge < -0.3 is 14.5 Å². The van der Waals surface area contributed by atoms with Crippen LogP contribution in [0.5, 0.6) is 5.75 Å². The SMILES string of the molecule is COc1ccc(C2(C(=O)N3CCN(C(=O)c4cc(-c5ccncc5)n[nH]4)CC3)CC2)cc1. The lowest BCUT2D eigenvalue weighted by atomic mass is 9.94. The van der Waals surface area contributed by atoms with E-state index in [4.69, 9.17) is 4.74 Å². The Morgan fingerprint density at radius 3 is 2.25 bits per heavy atom. The highest BCUT2D eigenvalue weighted by atomic mass is 16.5. The minimum atomic E-state index is -0.415. The van der Waals surface area contributed by atoms with Crippen molar-refractivity contribution in [1.29, 1.82) is 0 Å². The van der Waals surface area contributed by atoms with Gasteiger partial charge in [0.1, 0.15) is 11.4 Å². The molecule has 2 fully saturated rings. The molecule has 3 heterocycles. The Bertz CT molecular complexity index is 1110. The number of rotatable bonds is 5. The van der Waals surface area contributed by atoms with Crippen molar-refractivity contribution in [3.8, 4) is 17.0 Å². The molecule has 8 nitrogen and oxygen atoms in total. The third-order valence-electron chi connectivity index (χ3n) is 6.44. The van der Waals surface area contributed by atoms with Crippen molar-refractivity contribution in [2.75, 3.05) is 33.3 Å². The number of ether oxygens (including phenoxy) is 1. The van der Waals surface area contributed by atoms with Crippen molar-refractivity contribution in [3.05, 3.63) is 66.1 Å². The number of carbonyl (C=O) groups excluding carboxylic acids is 2. The first-order chi connectivity index (χ1) is 15.6. The maximum Gasteiger partial charge on any atom is 0.272 e. The van der Waals surface area contributed by atoms with Crippen LogP contribution in [0.4, 0.5) is 0 Å². The number of carbonyl (C=O) groups is 2. The fourth-order valence-electron chi connectivity index (χ4n) is 4.35. The number of nitrogens with zero attached hydrogens (tertiary/aromatic N) is 4. The molecular formula is C24H25N5O3. The monoisotopic (exact) mass is 431 g/mol. The second-order valence-corrected chi connectivity index (χ2v) is 8.30. The van der Waals surface area contributed by atoms with E-state index in [2.05, 4.69) is 15.2 Å². The molecule has 0 bridgehead atoms. The molecule has 0 unspecified atom stereocenters. The van der Waals surface area contributed by atoms with Gasteiger partial charge in [0.05, 0.1) is 18.2 Å². The van der Waals surface area contributed by atoms with Gasteiger partial charge in [0.2, 0.25) is 5.91 Å². The maximum absolute atomic E-state index is 13.3. The highest BCUT2D eigenvalue weighted by molar-refractivity contribution is 5.94. The molecule has 0 spiro atoms. The number of methoxy groups -OCH3 is 1. The lowest BCUT2D eigenvalue weighted by Crippen LogP contribution is -2.53. The third-order valence-corrected chi connectivity index (χ3v) is 6.44. The molecule has 0 radical (unpaired) electrons. The molecule has 5 rings (SSSR count). The molecule has 1 saturated heterocycles. The van der Waals surface area contributed by atoms with E-state index in [1.54, 1.807) is 30.5 Å². The molecule has 32 heavy (non-hydrogen) atoms. The summed E-state index contributed by atoms with van der Waals surface area (Å²) in [6, 6.07) is 13.3. The van der Waals surface area contributed by atoms with E-state index >= 15 is 0 Å². The fraction of sp³-hybridized carbons (Fsp3) is 0.333. The summed E-state index contributed by atoms with van der Waals surface area (Å²) in [7, 11) is 1.64. The number of nitrogens with one attached hydrogen (secondary N) is 1. The van der Waals surface area contributed by atoms with Gasteiger partial charge in [-0.2, -0.15) is 5.10 Å². The summed E-state index contributed by atoms with van der Waals surface area (Å²) in [4.78, 5) is 33.9. The Labute approximate surface area is 186 Å². The molecule has 1 aromatic carbocycles. The number of amides is 2. The minimum Gasteiger partial charge on any atom is -0.497 e. The molecule has 1 aliphatic carbocycles. The van der Waals surface area contributed by atoms with Gasteiger partial charge in [-0.05, 0) is 48.7 Å². The summed E-state index contributed by atoms with van der Waals surface area (Å²) >= 11 is 0. The zero-order valence-corrected chi connectivity index (χ0v) is 18.0. The lowest BCUT2D eigenvalue weighted by molar-refractivity contribution is -0.135. The Morgan fingerprint density at radius 1 is 0.969 bits per heavy atom. The number of H-pyrrole nitrogens is 1. The summed E-state index contributed by atoms with van der Waals surface area (Å²) in [5.74, 6) is 0.854. The van der Waals surface area contributed by atoms with Crippen molar-refractivity contribution in [1.82, 2.24) is 25.0 Å². The highest BCUT2D eigenvalue weighted by Crippen LogP contribution is 2.50. The average Bonchev–Trinajstić information content (AvgIpc) is 3.53. The highest BCUT2D eigenvalue weighted by Gasteiger charge is 2.53. The van der Waals surface area contributed by atoms with Gasteiger partial charge in [-0.1, -0.05) is 12.1 Å². The van der Waals surface area contributed by atoms with Gasteiger partial charge in [0.15, 0.2) is 0 Å².